The predicted octanol–water partition coefficient (Wildman–Crippen LogP) is 3.73. The third-order valence-electron chi connectivity index (χ3n) is 5.23. The summed E-state index contributed by atoms with van der Waals surface area (Å²) in [6.45, 7) is 1.20. The summed E-state index contributed by atoms with van der Waals surface area (Å²) in [6.07, 6.45) is 0. The number of anilines is 1. The summed E-state index contributed by atoms with van der Waals surface area (Å²) >= 11 is 5.91. The SMILES string of the molecule is Cc1ccc(S(=O)(=O)N(C)C)cc1NC(=O)CN(Cc1ccccc1)S(=O)(=O)c1ccc(Cl)cc1. The molecule has 0 aromatic heterocycles. The van der Waals surface area contributed by atoms with Crippen molar-refractivity contribution in [3.05, 3.63) is 88.9 Å². The molecular weight excluding hydrogens is 510 g/mol. The Balaban J connectivity index is 1.91. The summed E-state index contributed by atoms with van der Waals surface area (Å²) in [7, 11) is -4.93. The summed E-state index contributed by atoms with van der Waals surface area (Å²) in [5.74, 6) is -0.610. The summed E-state index contributed by atoms with van der Waals surface area (Å²) < 4.78 is 53.9. The average molecular weight is 536 g/mol. The number of carbonyl (C=O) groups excluding carboxylic acids is 1. The second-order valence-corrected chi connectivity index (χ2v) is 12.6. The van der Waals surface area contributed by atoms with E-state index in [-0.39, 0.29) is 22.0 Å². The van der Waals surface area contributed by atoms with Crippen LogP contribution in [0.1, 0.15) is 11.1 Å². The number of aryl methyl sites for hydroxylation is 1. The van der Waals surface area contributed by atoms with Crippen molar-refractivity contribution in [2.75, 3.05) is 26.0 Å². The van der Waals surface area contributed by atoms with E-state index in [0.29, 0.717) is 16.1 Å². The molecule has 11 heteroatoms. The Hall–Kier alpha value is -2.76. The molecule has 0 heterocycles. The molecule has 0 aliphatic carbocycles. The Morgan fingerprint density at radius 2 is 1.46 bits per heavy atom. The first-order valence-corrected chi connectivity index (χ1v) is 13.8. The lowest BCUT2D eigenvalue weighted by molar-refractivity contribution is -0.116. The van der Waals surface area contributed by atoms with Gasteiger partial charge in [-0.15, -0.1) is 0 Å². The molecule has 3 aromatic rings. The number of benzene rings is 3. The van der Waals surface area contributed by atoms with Crippen molar-refractivity contribution < 1.29 is 21.6 Å². The molecule has 1 N–H and O–H groups in total. The van der Waals surface area contributed by atoms with Gasteiger partial charge in [-0.2, -0.15) is 4.31 Å². The van der Waals surface area contributed by atoms with E-state index < -0.39 is 32.5 Å². The summed E-state index contributed by atoms with van der Waals surface area (Å²) in [5, 5.41) is 3.05. The van der Waals surface area contributed by atoms with E-state index in [1.165, 1.54) is 50.5 Å². The average Bonchev–Trinajstić information content (AvgIpc) is 2.81. The first-order chi connectivity index (χ1) is 16.4. The molecule has 0 aliphatic rings. The molecule has 8 nitrogen and oxygen atoms in total. The maximum atomic E-state index is 13.4. The highest BCUT2D eigenvalue weighted by atomic mass is 35.5. The number of amides is 1. The second-order valence-electron chi connectivity index (χ2n) is 8.02. The molecule has 3 aromatic carbocycles. The van der Waals surface area contributed by atoms with Gasteiger partial charge in [0, 0.05) is 31.4 Å². The van der Waals surface area contributed by atoms with Crippen molar-refractivity contribution in [3.63, 3.8) is 0 Å². The van der Waals surface area contributed by atoms with Gasteiger partial charge < -0.3 is 5.32 Å². The van der Waals surface area contributed by atoms with Crippen molar-refractivity contribution in [2.45, 2.75) is 23.3 Å². The van der Waals surface area contributed by atoms with Crippen LogP contribution in [0.3, 0.4) is 0 Å². The number of carbonyl (C=O) groups is 1. The lowest BCUT2D eigenvalue weighted by Crippen LogP contribution is -2.37. The summed E-state index contributed by atoms with van der Waals surface area (Å²) in [6, 6.07) is 19.0. The van der Waals surface area contributed by atoms with Crippen LogP contribution in [0.5, 0.6) is 0 Å². The number of nitrogens with zero attached hydrogens (tertiary/aromatic N) is 2. The Labute approximate surface area is 211 Å². The molecule has 186 valence electrons. The highest BCUT2D eigenvalue weighted by Crippen LogP contribution is 2.24. The predicted molar refractivity (Wildman–Crippen MR) is 136 cm³/mol. The molecule has 0 spiro atoms. The fourth-order valence-electron chi connectivity index (χ4n) is 3.23. The van der Waals surface area contributed by atoms with Crippen LogP contribution in [-0.2, 0) is 31.4 Å². The molecule has 3 rings (SSSR count). The van der Waals surface area contributed by atoms with E-state index in [4.69, 9.17) is 11.6 Å². The minimum atomic E-state index is -4.04. The highest BCUT2D eigenvalue weighted by molar-refractivity contribution is 7.89. The topological polar surface area (TPSA) is 104 Å². The smallest absolute Gasteiger partial charge is 0.243 e. The van der Waals surface area contributed by atoms with Crippen LogP contribution in [0.4, 0.5) is 5.69 Å². The van der Waals surface area contributed by atoms with Gasteiger partial charge >= 0.3 is 0 Å². The Morgan fingerprint density at radius 3 is 2.06 bits per heavy atom. The monoisotopic (exact) mass is 535 g/mol. The summed E-state index contributed by atoms with van der Waals surface area (Å²) in [5.41, 5.74) is 1.61. The van der Waals surface area contributed by atoms with Crippen molar-refractivity contribution in [2.24, 2.45) is 0 Å². The van der Waals surface area contributed by atoms with Gasteiger partial charge in [0.25, 0.3) is 0 Å². The normalized spacial score (nSPS) is 12.2. The van der Waals surface area contributed by atoms with E-state index in [0.717, 1.165) is 8.61 Å². The fraction of sp³-hybridized carbons (Fsp3) is 0.208. The van der Waals surface area contributed by atoms with Crippen molar-refractivity contribution >= 4 is 43.2 Å². The Kier molecular flexibility index (Phi) is 8.34. The lowest BCUT2D eigenvalue weighted by atomic mass is 10.2. The number of halogens is 1. The van der Waals surface area contributed by atoms with E-state index in [1.807, 2.05) is 6.07 Å². The zero-order chi connectivity index (χ0) is 25.8. The quantitative estimate of drug-likeness (QED) is 0.449. The van der Waals surface area contributed by atoms with Crippen molar-refractivity contribution in [3.8, 4) is 0 Å². The molecule has 0 saturated carbocycles. The van der Waals surface area contributed by atoms with Crippen LogP contribution in [0, 0.1) is 6.92 Å². The number of rotatable bonds is 9. The Bertz CT molecular complexity index is 1410. The number of nitrogens with one attached hydrogen (secondary N) is 1. The van der Waals surface area contributed by atoms with Gasteiger partial charge in [-0.05, 0) is 54.4 Å². The molecule has 0 aliphatic heterocycles. The lowest BCUT2D eigenvalue weighted by Gasteiger charge is -2.22. The Morgan fingerprint density at radius 1 is 0.857 bits per heavy atom. The molecule has 0 bridgehead atoms. The zero-order valence-electron chi connectivity index (χ0n) is 19.5. The third kappa shape index (κ3) is 6.47. The van der Waals surface area contributed by atoms with Gasteiger partial charge in [-0.3, -0.25) is 4.79 Å². The number of sulfonamides is 2. The zero-order valence-corrected chi connectivity index (χ0v) is 21.9. The van der Waals surface area contributed by atoms with E-state index in [2.05, 4.69) is 5.32 Å². The molecule has 0 atom stereocenters. The molecule has 0 unspecified atom stereocenters. The standard InChI is InChI=1S/C24H26ClN3O5S2/c1-18-9-12-22(34(30,31)27(2)3)15-23(18)26-24(29)17-28(16-19-7-5-4-6-8-19)35(32,33)21-13-10-20(25)11-14-21/h4-15H,16-17H2,1-3H3,(H,26,29). The number of hydrogen-bond donors (Lipinski definition) is 1. The minimum absolute atomic E-state index is 0.000820. The minimum Gasteiger partial charge on any atom is -0.325 e. The van der Waals surface area contributed by atoms with Gasteiger partial charge in [0.15, 0.2) is 0 Å². The largest absolute Gasteiger partial charge is 0.325 e. The van der Waals surface area contributed by atoms with E-state index in [1.54, 1.807) is 37.3 Å². The van der Waals surface area contributed by atoms with Crippen LogP contribution in [0.2, 0.25) is 5.02 Å². The first-order valence-electron chi connectivity index (χ1n) is 10.5. The van der Waals surface area contributed by atoms with Crippen LogP contribution in [-0.4, -0.2) is 52.0 Å². The van der Waals surface area contributed by atoms with Crippen molar-refractivity contribution in [1.29, 1.82) is 0 Å². The fourth-order valence-corrected chi connectivity index (χ4v) is 5.66. The first kappa shape index (κ1) is 26.8. The van der Waals surface area contributed by atoms with Gasteiger partial charge in [0.1, 0.15) is 0 Å². The van der Waals surface area contributed by atoms with E-state index >= 15 is 0 Å². The van der Waals surface area contributed by atoms with Gasteiger partial charge in [-0.1, -0.05) is 48.0 Å². The van der Waals surface area contributed by atoms with Gasteiger partial charge in [-0.25, -0.2) is 21.1 Å². The van der Waals surface area contributed by atoms with Gasteiger partial charge in [0.2, 0.25) is 26.0 Å². The second kappa shape index (κ2) is 10.9. The van der Waals surface area contributed by atoms with Gasteiger partial charge in [0.05, 0.1) is 16.3 Å². The molecule has 1 amide bonds. The van der Waals surface area contributed by atoms with E-state index in [9.17, 15) is 21.6 Å². The number of hydrogen-bond acceptors (Lipinski definition) is 5. The van der Waals surface area contributed by atoms with Crippen LogP contribution < -0.4 is 5.32 Å². The van der Waals surface area contributed by atoms with Crippen LogP contribution in [0.15, 0.2) is 82.6 Å². The summed E-state index contributed by atoms with van der Waals surface area (Å²) in [4.78, 5) is 13.0. The maximum Gasteiger partial charge on any atom is 0.243 e. The highest BCUT2D eigenvalue weighted by Gasteiger charge is 2.27. The van der Waals surface area contributed by atoms with Crippen LogP contribution in [0.25, 0.3) is 0 Å². The molecule has 35 heavy (non-hydrogen) atoms. The maximum absolute atomic E-state index is 13.4. The molecule has 0 fully saturated rings. The molecule has 0 saturated heterocycles. The van der Waals surface area contributed by atoms with Crippen LogP contribution >= 0.6 is 11.6 Å². The molecule has 0 radical (unpaired) electrons. The third-order valence-corrected chi connectivity index (χ3v) is 9.10. The molecular formula is C24H26ClN3O5S2. The van der Waals surface area contributed by atoms with Crippen molar-refractivity contribution in [1.82, 2.24) is 8.61 Å².